The Morgan fingerprint density at radius 2 is 1.70 bits per heavy atom. The van der Waals surface area contributed by atoms with Crippen molar-refractivity contribution in [2.24, 2.45) is 4.99 Å². The molecule has 5 rings (SSSR count). The Bertz CT molecular complexity index is 1110. The third-order valence-corrected chi connectivity index (χ3v) is 6.46. The second-order valence-electron chi connectivity index (χ2n) is 8.92. The predicted octanol–water partition coefficient (Wildman–Crippen LogP) is 5.39. The molecule has 0 bridgehead atoms. The number of benzene rings is 2. The van der Waals surface area contributed by atoms with E-state index in [2.05, 4.69) is 23.5 Å². The first-order chi connectivity index (χ1) is 16.2. The average Bonchev–Trinajstić information content (AvgIpc) is 3.59. The summed E-state index contributed by atoms with van der Waals surface area (Å²) in [5.41, 5.74) is 3.83. The van der Waals surface area contributed by atoms with Gasteiger partial charge in [0.2, 0.25) is 0 Å². The molecule has 0 amide bonds. The van der Waals surface area contributed by atoms with Gasteiger partial charge in [0.15, 0.2) is 0 Å². The van der Waals surface area contributed by atoms with Crippen LogP contribution in [0.15, 0.2) is 59.6 Å². The third kappa shape index (κ3) is 4.90. The Kier molecular flexibility index (Phi) is 6.33. The molecule has 1 aromatic heterocycles. The molecule has 1 heterocycles. The van der Waals surface area contributed by atoms with Crippen LogP contribution < -0.4 is 14.8 Å². The fourth-order valence-corrected chi connectivity index (χ4v) is 4.44. The first kappa shape index (κ1) is 21.6. The van der Waals surface area contributed by atoms with Crippen LogP contribution in [0.4, 0.5) is 0 Å². The van der Waals surface area contributed by atoms with Crippen molar-refractivity contribution >= 4 is 5.84 Å². The molecule has 2 aliphatic rings. The van der Waals surface area contributed by atoms with Gasteiger partial charge in [0.05, 0.1) is 26.0 Å². The minimum atomic E-state index is 0.376. The maximum Gasteiger partial charge on any atom is 0.149 e. The van der Waals surface area contributed by atoms with Gasteiger partial charge in [-0.25, -0.2) is 4.68 Å². The largest absolute Gasteiger partial charge is 0.497 e. The van der Waals surface area contributed by atoms with Crippen LogP contribution in [0.3, 0.4) is 0 Å². The van der Waals surface area contributed by atoms with E-state index >= 15 is 0 Å². The Labute approximate surface area is 195 Å². The zero-order valence-corrected chi connectivity index (χ0v) is 19.5. The Hall–Kier alpha value is -3.28. The number of ether oxygens (including phenoxy) is 2. The lowest BCUT2D eigenvalue weighted by Gasteiger charge is -2.19. The Morgan fingerprint density at radius 3 is 2.39 bits per heavy atom. The summed E-state index contributed by atoms with van der Waals surface area (Å²) in [7, 11) is 3.38. The first-order valence-electron chi connectivity index (χ1n) is 12.0. The third-order valence-electron chi connectivity index (χ3n) is 6.46. The minimum absolute atomic E-state index is 0.376. The molecule has 2 aliphatic carbocycles. The van der Waals surface area contributed by atoms with Crippen molar-refractivity contribution in [3.63, 3.8) is 0 Å². The number of hydrogen-bond acceptors (Lipinski definition) is 4. The van der Waals surface area contributed by atoms with Crippen LogP contribution in [0.1, 0.15) is 50.6 Å². The van der Waals surface area contributed by atoms with Gasteiger partial charge in [-0.15, -0.1) is 0 Å². The van der Waals surface area contributed by atoms with Crippen LogP contribution in [-0.4, -0.2) is 41.9 Å². The molecular weight excluding hydrogens is 412 g/mol. The van der Waals surface area contributed by atoms with Crippen LogP contribution in [0.5, 0.6) is 11.5 Å². The normalized spacial score (nSPS) is 17.1. The van der Waals surface area contributed by atoms with E-state index in [9.17, 15) is 0 Å². The number of nitrogens with one attached hydrogen (secondary N) is 1. The molecule has 0 radical (unpaired) electrons. The monoisotopic (exact) mass is 444 g/mol. The predicted molar refractivity (Wildman–Crippen MR) is 132 cm³/mol. The molecule has 0 saturated heterocycles. The van der Waals surface area contributed by atoms with Gasteiger partial charge >= 0.3 is 0 Å². The summed E-state index contributed by atoms with van der Waals surface area (Å²) in [6.45, 7) is 0. The number of rotatable bonds is 7. The van der Waals surface area contributed by atoms with E-state index in [0.717, 1.165) is 52.8 Å². The molecule has 33 heavy (non-hydrogen) atoms. The zero-order valence-electron chi connectivity index (χ0n) is 19.5. The van der Waals surface area contributed by atoms with Gasteiger partial charge in [0, 0.05) is 11.6 Å². The van der Waals surface area contributed by atoms with Crippen molar-refractivity contribution in [1.29, 1.82) is 0 Å². The molecule has 0 spiro atoms. The number of aromatic nitrogens is 2. The highest BCUT2D eigenvalue weighted by Crippen LogP contribution is 2.31. The maximum absolute atomic E-state index is 5.67. The minimum Gasteiger partial charge on any atom is -0.497 e. The van der Waals surface area contributed by atoms with Gasteiger partial charge in [-0.3, -0.25) is 4.99 Å². The van der Waals surface area contributed by atoms with Crippen LogP contribution in [0.2, 0.25) is 0 Å². The topological polar surface area (TPSA) is 60.7 Å². The maximum atomic E-state index is 5.67. The smallest absolute Gasteiger partial charge is 0.149 e. The summed E-state index contributed by atoms with van der Waals surface area (Å²) in [4.78, 5) is 5.18. The van der Waals surface area contributed by atoms with Crippen LogP contribution in [0.25, 0.3) is 16.9 Å². The molecule has 6 heteroatoms. The second-order valence-corrected chi connectivity index (χ2v) is 8.92. The summed E-state index contributed by atoms with van der Waals surface area (Å²) in [5.74, 6) is 2.54. The van der Waals surface area contributed by atoms with E-state index in [1.54, 1.807) is 14.2 Å². The molecule has 3 aromatic rings. The van der Waals surface area contributed by atoms with Gasteiger partial charge in [0.1, 0.15) is 28.7 Å². The molecular formula is C27H32N4O2. The van der Waals surface area contributed by atoms with Crippen molar-refractivity contribution < 1.29 is 9.47 Å². The van der Waals surface area contributed by atoms with Gasteiger partial charge in [0.25, 0.3) is 0 Å². The zero-order chi connectivity index (χ0) is 22.6. The van der Waals surface area contributed by atoms with Crippen LogP contribution in [-0.2, 0) is 0 Å². The van der Waals surface area contributed by atoms with E-state index in [0.29, 0.717) is 12.1 Å². The SMILES string of the molecule is COc1ccc(-c2cc(C(=NC3CCCCC3)NC3CC3)nn2-c2ccccc2OC)cc1. The number of aliphatic imine (C=N–C) groups is 1. The van der Waals surface area contributed by atoms with E-state index < -0.39 is 0 Å². The summed E-state index contributed by atoms with van der Waals surface area (Å²) < 4.78 is 13.0. The molecule has 1 N–H and O–H groups in total. The van der Waals surface area contributed by atoms with Crippen molar-refractivity contribution in [3.8, 4) is 28.4 Å². The van der Waals surface area contributed by atoms with Gasteiger partial charge < -0.3 is 14.8 Å². The molecule has 0 unspecified atom stereocenters. The highest BCUT2D eigenvalue weighted by molar-refractivity contribution is 5.98. The molecule has 172 valence electrons. The number of hydrogen-bond donors (Lipinski definition) is 1. The number of para-hydroxylation sites is 2. The highest BCUT2D eigenvalue weighted by Gasteiger charge is 2.26. The van der Waals surface area contributed by atoms with Crippen molar-refractivity contribution in [3.05, 3.63) is 60.3 Å². The van der Waals surface area contributed by atoms with Crippen LogP contribution >= 0.6 is 0 Å². The Morgan fingerprint density at radius 1 is 0.939 bits per heavy atom. The summed E-state index contributed by atoms with van der Waals surface area (Å²) in [5, 5.41) is 8.73. The van der Waals surface area contributed by atoms with Crippen molar-refractivity contribution in [1.82, 2.24) is 15.1 Å². The first-order valence-corrected chi connectivity index (χ1v) is 12.0. The lowest BCUT2D eigenvalue weighted by molar-refractivity contribution is 0.412. The molecule has 2 aromatic carbocycles. The number of nitrogens with zero attached hydrogens (tertiary/aromatic N) is 3. The van der Waals surface area contributed by atoms with E-state index in [-0.39, 0.29) is 0 Å². The van der Waals surface area contributed by atoms with Gasteiger partial charge in [-0.2, -0.15) is 5.10 Å². The molecule has 0 atom stereocenters. The highest BCUT2D eigenvalue weighted by atomic mass is 16.5. The molecule has 2 saturated carbocycles. The summed E-state index contributed by atoms with van der Waals surface area (Å²) in [6.07, 6.45) is 8.56. The molecule has 2 fully saturated rings. The average molecular weight is 445 g/mol. The standard InChI is InChI=1S/C27H32N4O2/c1-32-22-16-12-19(13-17-22)25-18-23(30-31(25)24-10-6-7-11-26(24)33-2)27(29-21-14-15-21)28-20-8-4-3-5-9-20/h6-7,10-13,16-18,20-21H,3-5,8-9,14-15H2,1-2H3,(H,28,29). The summed E-state index contributed by atoms with van der Waals surface area (Å²) in [6, 6.07) is 19.1. The number of methoxy groups -OCH3 is 2. The van der Waals surface area contributed by atoms with E-state index in [1.807, 2.05) is 41.1 Å². The quantitative estimate of drug-likeness (QED) is 0.392. The fraction of sp³-hybridized carbons (Fsp3) is 0.407. The summed E-state index contributed by atoms with van der Waals surface area (Å²) >= 11 is 0. The van der Waals surface area contributed by atoms with E-state index in [1.165, 1.54) is 32.1 Å². The molecule has 0 aliphatic heterocycles. The lowest BCUT2D eigenvalue weighted by atomic mass is 9.96. The Balaban J connectivity index is 1.61. The second kappa shape index (κ2) is 9.69. The fourth-order valence-electron chi connectivity index (χ4n) is 4.44. The number of amidine groups is 1. The van der Waals surface area contributed by atoms with Crippen molar-refractivity contribution in [2.75, 3.05) is 14.2 Å². The van der Waals surface area contributed by atoms with Crippen LogP contribution in [0, 0.1) is 0 Å². The molecule has 6 nitrogen and oxygen atoms in total. The van der Waals surface area contributed by atoms with E-state index in [4.69, 9.17) is 19.6 Å². The van der Waals surface area contributed by atoms with Crippen molar-refractivity contribution in [2.45, 2.75) is 57.0 Å². The van der Waals surface area contributed by atoms with Gasteiger partial charge in [-0.1, -0.05) is 31.4 Å². The van der Waals surface area contributed by atoms with Gasteiger partial charge in [-0.05, 0) is 68.1 Å². The lowest BCUT2D eigenvalue weighted by Crippen LogP contribution is -2.29.